The number of nitrogens with zero attached hydrogens (tertiary/aromatic N) is 2. The van der Waals surface area contributed by atoms with Crippen molar-refractivity contribution in [1.29, 1.82) is 0 Å². The minimum Gasteiger partial charge on any atom is -0.342 e. The number of carbonyl (C=O) groups excluding carboxylic acids is 1. The second kappa shape index (κ2) is 6.55. The van der Waals surface area contributed by atoms with Crippen molar-refractivity contribution >= 4 is 50.8 Å². The van der Waals surface area contributed by atoms with E-state index in [1.54, 1.807) is 23.1 Å². The molecule has 1 aromatic heterocycles. The largest absolute Gasteiger partial charge is 0.342 e. The van der Waals surface area contributed by atoms with Crippen LogP contribution < -0.4 is 0 Å². The monoisotopic (exact) mass is 340 g/mol. The number of thioether (sulfide) groups is 1. The lowest BCUT2D eigenvalue weighted by Crippen LogP contribution is -2.40. The van der Waals surface area contributed by atoms with E-state index < -0.39 is 0 Å². The van der Waals surface area contributed by atoms with Crippen LogP contribution in [0, 0.1) is 0 Å². The molecule has 0 unspecified atom stereocenters. The highest BCUT2D eigenvalue weighted by Gasteiger charge is 2.23. The summed E-state index contributed by atoms with van der Waals surface area (Å²) in [6.07, 6.45) is 3.50. The second-order valence-electron chi connectivity index (χ2n) is 5.24. The van der Waals surface area contributed by atoms with Crippen LogP contribution in [-0.2, 0) is 4.79 Å². The van der Waals surface area contributed by atoms with E-state index in [0.717, 1.165) is 40.5 Å². The van der Waals surface area contributed by atoms with E-state index in [-0.39, 0.29) is 11.2 Å². The van der Waals surface area contributed by atoms with Gasteiger partial charge in [0.15, 0.2) is 4.34 Å². The number of amides is 1. The summed E-state index contributed by atoms with van der Waals surface area (Å²) in [5, 5.41) is 0.612. The van der Waals surface area contributed by atoms with E-state index in [4.69, 9.17) is 11.6 Å². The van der Waals surface area contributed by atoms with E-state index in [2.05, 4.69) is 4.98 Å². The number of fused-ring (bicyclic) bond motifs is 1. The molecule has 0 bridgehead atoms. The molecule has 0 saturated carbocycles. The molecule has 2 heterocycles. The zero-order valence-corrected chi connectivity index (χ0v) is 14.2. The number of carbonyl (C=O) groups is 1. The molecule has 3 rings (SSSR count). The maximum atomic E-state index is 12.4. The van der Waals surface area contributed by atoms with Gasteiger partial charge < -0.3 is 4.90 Å². The first-order valence-electron chi connectivity index (χ1n) is 7.15. The molecule has 0 radical (unpaired) electrons. The van der Waals surface area contributed by atoms with Gasteiger partial charge in [0.05, 0.1) is 15.5 Å². The van der Waals surface area contributed by atoms with Crippen molar-refractivity contribution in [2.75, 3.05) is 13.1 Å². The molecular weight excluding hydrogens is 324 g/mol. The second-order valence-corrected chi connectivity index (χ2v) is 8.29. The summed E-state index contributed by atoms with van der Waals surface area (Å²) < 4.78 is 2.05. The maximum Gasteiger partial charge on any atom is 0.235 e. The zero-order chi connectivity index (χ0) is 14.8. The first kappa shape index (κ1) is 15.1. The smallest absolute Gasteiger partial charge is 0.235 e. The number of rotatable bonds is 3. The Morgan fingerprint density at radius 2 is 2.14 bits per heavy atom. The number of hydrogen-bond acceptors (Lipinski definition) is 4. The summed E-state index contributed by atoms with van der Waals surface area (Å²) in [5.41, 5.74) is 0.910. The lowest BCUT2D eigenvalue weighted by Gasteiger charge is -2.28. The molecule has 0 aliphatic carbocycles. The van der Waals surface area contributed by atoms with Crippen molar-refractivity contribution < 1.29 is 4.79 Å². The number of piperidine rings is 1. The average molecular weight is 341 g/mol. The minimum absolute atomic E-state index is 0.0841. The van der Waals surface area contributed by atoms with Crippen molar-refractivity contribution in [3.05, 3.63) is 23.2 Å². The Labute approximate surface area is 137 Å². The van der Waals surface area contributed by atoms with E-state index in [9.17, 15) is 4.79 Å². The van der Waals surface area contributed by atoms with E-state index in [1.807, 2.05) is 30.0 Å². The van der Waals surface area contributed by atoms with Crippen molar-refractivity contribution in [2.45, 2.75) is 35.8 Å². The molecule has 1 atom stereocenters. The molecule has 1 aliphatic heterocycles. The highest BCUT2D eigenvalue weighted by molar-refractivity contribution is 8.02. The van der Waals surface area contributed by atoms with E-state index >= 15 is 0 Å². The third kappa shape index (κ3) is 3.52. The molecular formula is C15H17ClN2OS2. The number of likely N-dealkylation sites (tertiary alicyclic amines) is 1. The van der Waals surface area contributed by atoms with Gasteiger partial charge in [0.2, 0.25) is 5.91 Å². The van der Waals surface area contributed by atoms with Crippen molar-refractivity contribution in [3.8, 4) is 0 Å². The molecule has 3 nitrogen and oxygen atoms in total. The average Bonchev–Trinajstić information content (AvgIpc) is 2.88. The first-order chi connectivity index (χ1) is 10.1. The van der Waals surface area contributed by atoms with Gasteiger partial charge in [-0.1, -0.05) is 23.4 Å². The van der Waals surface area contributed by atoms with Gasteiger partial charge in [0.25, 0.3) is 0 Å². The van der Waals surface area contributed by atoms with Gasteiger partial charge in [0, 0.05) is 18.1 Å². The topological polar surface area (TPSA) is 33.2 Å². The summed E-state index contributed by atoms with van der Waals surface area (Å²) in [6, 6.07) is 5.73. The molecule has 2 aromatic rings. The summed E-state index contributed by atoms with van der Waals surface area (Å²) in [5.74, 6) is 0.233. The van der Waals surface area contributed by atoms with Gasteiger partial charge in [-0.05, 0) is 44.4 Å². The molecule has 1 aromatic carbocycles. The van der Waals surface area contributed by atoms with Gasteiger partial charge in [-0.2, -0.15) is 0 Å². The van der Waals surface area contributed by atoms with Gasteiger partial charge in [-0.25, -0.2) is 4.98 Å². The fourth-order valence-corrected chi connectivity index (χ4v) is 4.94. The first-order valence-corrected chi connectivity index (χ1v) is 9.22. The van der Waals surface area contributed by atoms with Gasteiger partial charge >= 0.3 is 0 Å². The van der Waals surface area contributed by atoms with E-state index in [1.165, 1.54) is 6.42 Å². The highest BCUT2D eigenvalue weighted by Crippen LogP contribution is 2.33. The van der Waals surface area contributed by atoms with Crippen LogP contribution in [0.2, 0.25) is 5.02 Å². The highest BCUT2D eigenvalue weighted by atomic mass is 35.5. The van der Waals surface area contributed by atoms with Crippen LogP contribution in [0.5, 0.6) is 0 Å². The maximum absolute atomic E-state index is 12.4. The number of benzene rings is 1. The van der Waals surface area contributed by atoms with Gasteiger partial charge in [0.1, 0.15) is 0 Å². The minimum atomic E-state index is -0.0841. The van der Waals surface area contributed by atoms with Crippen LogP contribution in [-0.4, -0.2) is 34.1 Å². The number of aromatic nitrogens is 1. The quantitative estimate of drug-likeness (QED) is 0.774. The normalized spacial score (nSPS) is 17.1. The van der Waals surface area contributed by atoms with Crippen LogP contribution in [0.4, 0.5) is 0 Å². The summed E-state index contributed by atoms with van der Waals surface area (Å²) in [7, 11) is 0. The van der Waals surface area contributed by atoms with E-state index in [0.29, 0.717) is 5.02 Å². The summed E-state index contributed by atoms with van der Waals surface area (Å²) >= 11 is 9.15. The zero-order valence-electron chi connectivity index (χ0n) is 11.8. The molecule has 1 amide bonds. The molecule has 112 valence electrons. The molecule has 0 N–H and O–H groups in total. The Hall–Kier alpha value is -0.780. The van der Waals surface area contributed by atoms with Crippen LogP contribution in [0.25, 0.3) is 10.2 Å². The molecule has 6 heteroatoms. The molecule has 21 heavy (non-hydrogen) atoms. The Kier molecular flexibility index (Phi) is 4.72. The van der Waals surface area contributed by atoms with Crippen molar-refractivity contribution in [3.63, 3.8) is 0 Å². The molecule has 1 saturated heterocycles. The third-order valence-electron chi connectivity index (χ3n) is 3.62. The van der Waals surface area contributed by atoms with Crippen molar-refractivity contribution in [1.82, 2.24) is 9.88 Å². The molecule has 0 spiro atoms. The molecule has 1 aliphatic rings. The van der Waals surface area contributed by atoms with Gasteiger partial charge in [-0.3, -0.25) is 4.79 Å². The summed E-state index contributed by atoms with van der Waals surface area (Å²) in [6.45, 7) is 3.78. The van der Waals surface area contributed by atoms with Crippen molar-refractivity contribution in [2.24, 2.45) is 0 Å². The fourth-order valence-electron chi connectivity index (χ4n) is 2.50. The fraction of sp³-hybridized carbons (Fsp3) is 0.467. The Balaban J connectivity index is 1.70. The standard InChI is InChI=1S/C15H17ClN2OS2/c1-10(14(19)18-7-3-2-4-8-18)20-15-17-12-9-11(16)5-6-13(12)21-15/h5-6,9-10H,2-4,7-8H2,1H3/t10-/m0/s1. The van der Waals surface area contributed by atoms with Gasteiger partial charge in [-0.15, -0.1) is 11.3 Å². The van der Waals surface area contributed by atoms with Crippen LogP contribution in [0.15, 0.2) is 22.5 Å². The Morgan fingerprint density at radius 3 is 2.90 bits per heavy atom. The Bertz CT molecular complexity index is 652. The lowest BCUT2D eigenvalue weighted by molar-refractivity contribution is -0.131. The Morgan fingerprint density at radius 1 is 1.38 bits per heavy atom. The third-order valence-corrected chi connectivity index (χ3v) is 6.08. The van der Waals surface area contributed by atoms with Crippen LogP contribution >= 0.6 is 34.7 Å². The predicted molar refractivity (Wildman–Crippen MR) is 90.4 cm³/mol. The number of halogens is 1. The molecule has 1 fully saturated rings. The number of thiazole rings is 1. The van der Waals surface area contributed by atoms with Crippen LogP contribution in [0.1, 0.15) is 26.2 Å². The SMILES string of the molecule is C[C@H](Sc1nc2cc(Cl)ccc2s1)C(=O)N1CCCCC1. The van der Waals surface area contributed by atoms with Crippen LogP contribution in [0.3, 0.4) is 0 Å². The lowest BCUT2D eigenvalue weighted by atomic mass is 10.1. The predicted octanol–water partition coefficient (Wildman–Crippen LogP) is 4.44. The summed E-state index contributed by atoms with van der Waals surface area (Å²) in [4.78, 5) is 19.0. The number of hydrogen-bond donors (Lipinski definition) is 0.